The molecule has 0 aliphatic carbocycles. The highest BCUT2D eigenvalue weighted by Crippen LogP contribution is 2.31. The Bertz CT molecular complexity index is 1220. The number of primary amides is 1. The van der Waals surface area contributed by atoms with E-state index in [4.69, 9.17) is 10.5 Å². The minimum absolute atomic E-state index is 0.0369. The first-order chi connectivity index (χ1) is 16.8. The van der Waals surface area contributed by atoms with E-state index in [-0.39, 0.29) is 42.2 Å². The molecule has 1 unspecified atom stereocenters. The van der Waals surface area contributed by atoms with Crippen molar-refractivity contribution < 1.29 is 23.9 Å². The Balaban J connectivity index is 1.53. The van der Waals surface area contributed by atoms with Gasteiger partial charge in [-0.3, -0.25) is 24.2 Å². The van der Waals surface area contributed by atoms with Gasteiger partial charge in [0.25, 0.3) is 5.56 Å². The van der Waals surface area contributed by atoms with Gasteiger partial charge >= 0.3 is 5.97 Å². The highest BCUT2D eigenvalue weighted by Gasteiger charge is 2.35. The molecule has 3 heterocycles. The number of ether oxygens (including phenoxy) is 1. The van der Waals surface area contributed by atoms with Crippen LogP contribution < -0.4 is 26.8 Å². The Morgan fingerprint density at radius 1 is 1.17 bits per heavy atom. The summed E-state index contributed by atoms with van der Waals surface area (Å²) in [6, 6.07) is 6.10. The van der Waals surface area contributed by atoms with Gasteiger partial charge in [-0.15, -0.1) is 0 Å². The van der Waals surface area contributed by atoms with E-state index >= 15 is 0 Å². The topological polar surface area (TPSA) is 177 Å². The summed E-state index contributed by atoms with van der Waals surface area (Å²) in [6.07, 6.45) is 0.846. The van der Waals surface area contributed by atoms with Crippen molar-refractivity contribution in [3.8, 4) is 0 Å². The second kappa shape index (κ2) is 9.95. The number of piperidine rings is 1. The van der Waals surface area contributed by atoms with Gasteiger partial charge < -0.3 is 26.0 Å². The summed E-state index contributed by atoms with van der Waals surface area (Å²) < 4.78 is 4.94. The zero-order valence-electron chi connectivity index (χ0n) is 19.1. The Hall–Kier alpha value is -4.22. The number of aromatic amines is 1. The number of hydrogen-bond donors (Lipinski definition) is 4. The van der Waals surface area contributed by atoms with Crippen LogP contribution in [0.2, 0.25) is 0 Å². The maximum Gasteiger partial charge on any atom is 0.338 e. The quantitative estimate of drug-likeness (QED) is 0.435. The lowest BCUT2D eigenvalue weighted by molar-refractivity contribution is -0.123. The molecule has 1 atom stereocenters. The number of carbonyl (C=O) groups excluding carboxylic acids is 4. The third-order valence-electron chi connectivity index (χ3n) is 6.12. The van der Waals surface area contributed by atoms with Crippen LogP contribution in [0.5, 0.6) is 0 Å². The fourth-order valence-electron chi connectivity index (χ4n) is 4.24. The van der Waals surface area contributed by atoms with Crippen LogP contribution in [0.3, 0.4) is 0 Å². The predicted octanol–water partition coefficient (Wildman–Crippen LogP) is 0.713. The van der Waals surface area contributed by atoms with Crippen LogP contribution in [0.25, 0.3) is 0 Å². The Kier molecular flexibility index (Phi) is 6.80. The van der Waals surface area contributed by atoms with Gasteiger partial charge in [-0.05, 0) is 44.0 Å². The van der Waals surface area contributed by atoms with E-state index in [9.17, 15) is 24.0 Å². The summed E-state index contributed by atoms with van der Waals surface area (Å²) in [6.45, 7) is 2.89. The van der Waals surface area contributed by atoms with Gasteiger partial charge in [0.1, 0.15) is 5.82 Å². The van der Waals surface area contributed by atoms with Crippen LogP contribution in [0, 0.1) is 5.92 Å². The largest absolute Gasteiger partial charge is 0.462 e. The van der Waals surface area contributed by atoms with Crippen LogP contribution in [0.15, 0.2) is 29.1 Å². The van der Waals surface area contributed by atoms with Gasteiger partial charge in [-0.25, -0.2) is 4.79 Å². The molecule has 0 bridgehead atoms. The smallest absolute Gasteiger partial charge is 0.338 e. The maximum atomic E-state index is 13.0. The van der Waals surface area contributed by atoms with E-state index in [0.29, 0.717) is 37.2 Å². The lowest BCUT2D eigenvalue weighted by Crippen LogP contribution is -2.41. The number of esters is 1. The fourth-order valence-corrected chi connectivity index (χ4v) is 4.24. The van der Waals surface area contributed by atoms with E-state index in [2.05, 4.69) is 20.6 Å². The third kappa shape index (κ3) is 5.15. The van der Waals surface area contributed by atoms with Crippen molar-refractivity contribution in [2.75, 3.05) is 35.2 Å². The number of anilines is 3. The number of nitrogens with one attached hydrogen (secondary N) is 3. The molecule has 2 aromatic rings. The Labute approximate surface area is 200 Å². The standard InChI is InChI=1S/C23H26N6O6/c1-2-35-22(34)13-3-5-14(6-4-13)25-20(32)15-11-16(30)26-19-17(15)21(33)28-23(27-19)29-9-7-12(8-10-29)18(24)31/h3-6,12,15H,2,7-11H2,1H3,(H2,24,31)(H,25,32)(H2,26,27,28,30,33). The molecular formula is C23H26N6O6. The number of carbonyl (C=O) groups is 4. The molecule has 4 rings (SSSR count). The second-order valence-corrected chi connectivity index (χ2v) is 8.41. The normalized spacial score (nSPS) is 17.8. The van der Waals surface area contributed by atoms with Gasteiger partial charge in [0.05, 0.1) is 23.7 Å². The van der Waals surface area contributed by atoms with Crippen molar-refractivity contribution in [3.05, 3.63) is 45.7 Å². The first-order valence-electron chi connectivity index (χ1n) is 11.3. The van der Waals surface area contributed by atoms with Crippen LogP contribution in [-0.4, -0.2) is 53.4 Å². The van der Waals surface area contributed by atoms with E-state index in [1.165, 1.54) is 24.3 Å². The number of benzene rings is 1. The minimum Gasteiger partial charge on any atom is -0.462 e. The van der Waals surface area contributed by atoms with Crippen LogP contribution in [0.1, 0.15) is 48.0 Å². The SMILES string of the molecule is CCOC(=O)c1ccc(NC(=O)C2CC(=O)Nc3nc(N4CCC(C(N)=O)CC4)[nH]c(=O)c32)cc1. The van der Waals surface area contributed by atoms with Crippen molar-refractivity contribution in [3.63, 3.8) is 0 Å². The van der Waals surface area contributed by atoms with Gasteiger partial charge in [0.15, 0.2) is 0 Å². The molecule has 2 aliphatic heterocycles. The summed E-state index contributed by atoms with van der Waals surface area (Å²) in [5, 5.41) is 5.27. The third-order valence-corrected chi connectivity index (χ3v) is 6.12. The molecule has 0 spiro atoms. The average molecular weight is 482 g/mol. The Morgan fingerprint density at radius 3 is 2.49 bits per heavy atom. The molecule has 2 aliphatic rings. The average Bonchev–Trinajstić information content (AvgIpc) is 2.83. The fraction of sp³-hybridized carbons (Fsp3) is 0.391. The van der Waals surface area contributed by atoms with Gasteiger partial charge in [-0.1, -0.05) is 0 Å². The molecule has 35 heavy (non-hydrogen) atoms. The van der Waals surface area contributed by atoms with Crippen LogP contribution in [-0.2, 0) is 19.1 Å². The number of H-pyrrole nitrogens is 1. The van der Waals surface area contributed by atoms with E-state index in [1.54, 1.807) is 6.92 Å². The van der Waals surface area contributed by atoms with Crippen LogP contribution >= 0.6 is 0 Å². The van der Waals surface area contributed by atoms with E-state index < -0.39 is 29.3 Å². The molecule has 184 valence electrons. The summed E-state index contributed by atoms with van der Waals surface area (Å²) in [5.74, 6) is -2.80. The number of nitrogens with zero attached hydrogens (tertiary/aromatic N) is 2. The monoisotopic (exact) mass is 482 g/mol. The summed E-state index contributed by atoms with van der Waals surface area (Å²) >= 11 is 0. The number of fused-ring (bicyclic) bond motifs is 1. The predicted molar refractivity (Wildman–Crippen MR) is 126 cm³/mol. The molecule has 0 radical (unpaired) electrons. The number of hydrogen-bond acceptors (Lipinski definition) is 8. The minimum atomic E-state index is -1.05. The molecule has 1 aromatic carbocycles. The van der Waals surface area contributed by atoms with Crippen molar-refractivity contribution in [2.24, 2.45) is 11.7 Å². The van der Waals surface area contributed by atoms with Crippen LogP contribution in [0.4, 0.5) is 17.5 Å². The van der Waals surface area contributed by atoms with E-state index in [0.717, 1.165) is 0 Å². The lowest BCUT2D eigenvalue weighted by Gasteiger charge is -2.32. The molecule has 12 heteroatoms. The molecule has 0 saturated carbocycles. The first kappa shape index (κ1) is 23.9. The van der Waals surface area contributed by atoms with Gasteiger partial charge in [0, 0.05) is 31.1 Å². The van der Waals surface area contributed by atoms with Crippen molar-refractivity contribution in [1.82, 2.24) is 9.97 Å². The summed E-state index contributed by atoms with van der Waals surface area (Å²) in [5.41, 5.74) is 5.65. The maximum absolute atomic E-state index is 13.0. The second-order valence-electron chi connectivity index (χ2n) is 8.41. The first-order valence-corrected chi connectivity index (χ1v) is 11.3. The van der Waals surface area contributed by atoms with Crippen molar-refractivity contribution in [2.45, 2.75) is 32.1 Å². The lowest BCUT2D eigenvalue weighted by atomic mass is 9.92. The molecule has 1 saturated heterocycles. The number of nitrogens with two attached hydrogens (primary N) is 1. The highest BCUT2D eigenvalue weighted by atomic mass is 16.5. The van der Waals surface area contributed by atoms with Gasteiger partial charge in [0.2, 0.25) is 23.7 Å². The summed E-state index contributed by atoms with van der Waals surface area (Å²) in [7, 11) is 0. The number of amides is 3. The molecule has 3 amide bonds. The van der Waals surface area contributed by atoms with Crippen molar-refractivity contribution in [1.29, 1.82) is 0 Å². The molecule has 5 N–H and O–H groups in total. The number of aromatic nitrogens is 2. The summed E-state index contributed by atoms with van der Waals surface area (Å²) in [4.78, 5) is 70.4. The molecular weight excluding hydrogens is 456 g/mol. The zero-order valence-corrected chi connectivity index (χ0v) is 19.1. The molecule has 12 nitrogen and oxygen atoms in total. The van der Waals surface area contributed by atoms with Crippen molar-refractivity contribution >= 4 is 41.1 Å². The molecule has 1 aromatic heterocycles. The highest BCUT2D eigenvalue weighted by molar-refractivity contribution is 6.04. The Morgan fingerprint density at radius 2 is 1.86 bits per heavy atom. The van der Waals surface area contributed by atoms with E-state index in [1.807, 2.05) is 4.90 Å². The molecule has 1 fully saturated rings. The van der Waals surface area contributed by atoms with Gasteiger partial charge in [-0.2, -0.15) is 4.98 Å². The number of rotatable bonds is 6. The zero-order chi connectivity index (χ0) is 25.1.